The van der Waals surface area contributed by atoms with Gasteiger partial charge in [-0.15, -0.1) is 0 Å². The van der Waals surface area contributed by atoms with E-state index in [1.54, 1.807) is 24.3 Å². The van der Waals surface area contributed by atoms with Crippen LogP contribution in [0.2, 0.25) is 0 Å². The summed E-state index contributed by atoms with van der Waals surface area (Å²) >= 11 is 0. The molecule has 0 aliphatic heterocycles. The summed E-state index contributed by atoms with van der Waals surface area (Å²) in [4.78, 5) is 12.6. The van der Waals surface area contributed by atoms with Gasteiger partial charge in [0.1, 0.15) is 12.5 Å². The van der Waals surface area contributed by atoms with Crippen LogP contribution in [0.25, 0.3) is 0 Å². The first-order valence-corrected chi connectivity index (χ1v) is 4.95. The molecule has 0 saturated heterocycles. The average molecular weight is 224 g/mol. The van der Waals surface area contributed by atoms with Crippen molar-refractivity contribution in [1.29, 1.82) is 0 Å². The van der Waals surface area contributed by atoms with Gasteiger partial charge < -0.3 is 15.6 Å². The van der Waals surface area contributed by atoms with E-state index in [0.717, 1.165) is 0 Å². The lowest BCUT2D eigenvalue weighted by molar-refractivity contribution is 0.1000. The van der Waals surface area contributed by atoms with E-state index in [-0.39, 0.29) is 6.61 Å². The molecule has 0 aliphatic carbocycles. The van der Waals surface area contributed by atoms with Crippen LogP contribution < -0.4 is 10.5 Å². The molecule has 0 aliphatic rings. The molecule has 16 heavy (non-hydrogen) atoms. The Morgan fingerprint density at radius 2 is 2.06 bits per heavy atom. The van der Waals surface area contributed by atoms with Gasteiger partial charge in [-0.25, -0.2) is 0 Å². The molecule has 0 radical (unpaired) electrons. The maximum absolute atomic E-state index is 10.8. The number of aliphatic hydroxyl groups excluding tert-OH is 1. The molecule has 88 valence electrons. The van der Waals surface area contributed by atoms with E-state index in [1.807, 2.05) is 11.9 Å². The monoisotopic (exact) mass is 224 g/mol. The Balaban J connectivity index is 2.46. The van der Waals surface area contributed by atoms with Gasteiger partial charge in [-0.2, -0.15) is 0 Å². The zero-order valence-electron chi connectivity index (χ0n) is 9.22. The summed E-state index contributed by atoms with van der Waals surface area (Å²) < 4.78 is 5.42. The van der Waals surface area contributed by atoms with Gasteiger partial charge >= 0.3 is 0 Å². The number of rotatable bonds is 6. The lowest BCUT2D eigenvalue weighted by Crippen LogP contribution is -2.26. The fourth-order valence-electron chi connectivity index (χ4n) is 1.14. The lowest BCUT2D eigenvalue weighted by Gasteiger charge is -2.15. The molecule has 1 aromatic rings. The zero-order valence-corrected chi connectivity index (χ0v) is 9.22. The summed E-state index contributed by atoms with van der Waals surface area (Å²) in [5, 5.41) is 8.68. The summed E-state index contributed by atoms with van der Waals surface area (Å²) in [5.41, 5.74) is 5.56. The summed E-state index contributed by atoms with van der Waals surface area (Å²) in [6.07, 6.45) is 0. The number of likely N-dealkylation sites (N-methyl/N-ethyl adjacent to an activating group) is 1. The van der Waals surface area contributed by atoms with Crippen molar-refractivity contribution in [2.24, 2.45) is 5.73 Å². The predicted octanol–water partition coefficient (Wildman–Crippen LogP) is 0.0459. The van der Waals surface area contributed by atoms with Crippen molar-refractivity contribution < 1.29 is 14.6 Å². The van der Waals surface area contributed by atoms with Crippen LogP contribution in [-0.2, 0) is 0 Å². The van der Waals surface area contributed by atoms with Crippen LogP contribution in [0.5, 0.6) is 5.75 Å². The van der Waals surface area contributed by atoms with Crippen LogP contribution in [0.3, 0.4) is 0 Å². The van der Waals surface area contributed by atoms with Crippen molar-refractivity contribution in [2.45, 2.75) is 0 Å². The number of benzene rings is 1. The smallest absolute Gasteiger partial charge is 0.248 e. The number of aliphatic hydroxyl groups is 1. The molecule has 0 unspecified atom stereocenters. The second-order valence-electron chi connectivity index (χ2n) is 3.47. The number of primary amides is 1. The minimum Gasteiger partial charge on any atom is -0.478 e. The van der Waals surface area contributed by atoms with Crippen LogP contribution in [0, 0.1) is 0 Å². The molecule has 0 bridgehead atoms. The van der Waals surface area contributed by atoms with Crippen molar-refractivity contribution in [3.8, 4) is 5.75 Å². The van der Waals surface area contributed by atoms with E-state index in [9.17, 15) is 4.79 Å². The van der Waals surface area contributed by atoms with E-state index in [4.69, 9.17) is 15.6 Å². The van der Waals surface area contributed by atoms with Crippen LogP contribution in [0.4, 0.5) is 0 Å². The summed E-state index contributed by atoms with van der Waals surface area (Å²) in [6, 6.07) is 6.60. The molecule has 1 amide bonds. The second kappa shape index (κ2) is 6.09. The van der Waals surface area contributed by atoms with Gasteiger partial charge in [-0.1, -0.05) is 0 Å². The number of hydrogen-bond donors (Lipinski definition) is 2. The molecular formula is C11H16N2O3. The second-order valence-corrected chi connectivity index (χ2v) is 3.47. The fourth-order valence-corrected chi connectivity index (χ4v) is 1.14. The Kier molecular flexibility index (Phi) is 4.75. The van der Waals surface area contributed by atoms with E-state index >= 15 is 0 Å². The Morgan fingerprint density at radius 1 is 1.44 bits per heavy atom. The Bertz CT molecular complexity index is 338. The third-order valence-corrected chi connectivity index (χ3v) is 2.07. The van der Waals surface area contributed by atoms with Crippen LogP contribution in [-0.4, -0.2) is 42.8 Å². The number of amides is 1. The number of ether oxygens (including phenoxy) is 1. The molecule has 3 N–H and O–H groups in total. The third kappa shape index (κ3) is 3.88. The quantitative estimate of drug-likeness (QED) is 0.669. The topological polar surface area (TPSA) is 75.8 Å². The minimum atomic E-state index is -0.455. The van der Waals surface area contributed by atoms with Crippen molar-refractivity contribution in [1.82, 2.24) is 4.90 Å². The van der Waals surface area contributed by atoms with Crippen LogP contribution in [0.1, 0.15) is 10.4 Å². The Labute approximate surface area is 94.4 Å². The SMILES string of the molecule is CN(CCO)COc1ccc(C(N)=O)cc1. The molecular weight excluding hydrogens is 208 g/mol. The van der Waals surface area contributed by atoms with Crippen molar-refractivity contribution in [3.05, 3.63) is 29.8 Å². The molecule has 1 rings (SSSR count). The van der Waals surface area contributed by atoms with E-state index in [2.05, 4.69) is 0 Å². The van der Waals surface area contributed by atoms with Gasteiger partial charge in [0.15, 0.2) is 0 Å². The minimum absolute atomic E-state index is 0.0977. The largest absolute Gasteiger partial charge is 0.478 e. The van der Waals surface area contributed by atoms with E-state index < -0.39 is 5.91 Å². The third-order valence-electron chi connectivity index (χ3n) is 2.07. The first-order chi connectivity index (χ1) is 7.63. The Morgan fingerprint density at radius 3 is 2.56 bits per heavy atom. The van der Waals surface area contributed by atoms with Gasteiger partial charge in [-0.3, -0.25) is 9.69 Å². The molecule has 0 heterocycles. The van der Waals surface area contributed by atoms with E-state index in [1.165, 1.54) is 0 Å². The normalized spacial score (nSPS) is 10.4. The molecule has 1 aromatic carbocycles. The summed E-state index contributed by atoms with van der Waals surface area (Å²) in [7, 11) is 1.84. The van der Waals surface area contributed by atoms with Gasteiger partial charge in [0.05, 0.1) is 6.61 Å². The molecule has 0 aromatic heterocycles. The van der Waals surface area contributed by atoms with Crippen LogP contribution in [0.15, 0.2) is 24.3 Å². The number of hydrogen-bond acceptors (Lipinski definition) is 4. The molecule has 5 nitrogen and oxygen atoms in total. The lowest BCUT2D eigenvalue weighted by atomic mass is 10.2. The molecule has 0 spiro atoms. The molecule has 5 heteroatoms. The standard InChI is InChI=1S/C11H16N2O3/c1-13(6-7-14)8-16-10-4-2-9(3-5-10)11(12)15/h2-5,14H,6-8H2,1H3,(H2,12,15). The maximum atomic E-state index is 10.8. The molecule has 0 saturated carbocycles. The number of nitrogens with zero attached hydrogens (tertiary/aromatic N) is 1. The van der Waals surface area contributed by atoms with Crippen molar-refractivity contribution >= 4 is 5.91 Å². The predicted molar refractivity (Wildman–Crippen MR) is 60.2 cm³/mol. The van der Waals surface area contributed by atoms with Gasteiger partial charge in [0.25, 0.3) is 0 Å². The zero-order chi connectivity index (χ0) is 12.0. The van der Waals surface area contributed by atoms with Gasteiger partial charge in [0.2, 0.25) is 5.91 Å². The highest BCUT2D eigenvalue weighted by Gasteiger charge is 2.01. The molecule has 0 atom stereocenters. The number of nitrogens with two attached hydrogens (primary N) is 1. The number of carbonyl (C=O) groups is 1. The van der Waals surface area contributed by atoms with Crippen LogP contribution >= 0.6 is 0 Å². The fraction of sp³-hybridized carbons (Fsp3) is 0.364. The average Bonchev–Trinajstić information content (AvgIpc) is 2.27. The number of carbonyl (C=O) groups excluding carboxylic acids is 1. The van der Waals surface area contributed by atoms with Crippen molar-refractivity contribution in [3.63, 3.8) is 0 Å². The molecule has 0 fully saturated rings. The first kappa shape index (κ1) is 12.5. The maximum Gasteiger partial charge on any atom is 0.248 e. The van der Waals surface area contributed by atoms with E-state index in [0.29, 0.717) is 24.6 Å². The highest BCUT2D eigenvalue weighted by atomic mass is 16.5. The summed E-state index contributed by atoms with van der Waals surface area (Å²) in [5.74, 6) is 0.207. The first-order valence-electron chi connectivity index (χ1n) is 4.95. The highest BCUT2D eigenvalue weighted by Crippen LogP contribution is 2.11. The van der Waals surface area contributed by atoms with Crippen molar-refractivity contribution in [2.75, 3.05) is 26.9 Å². The van der Waals surface area contributed by atoms with Gasteiger partial charge in [-0.05, 0) is 31.3 Å². The highest BCUT2D eigenvalue weighted by molar-refractivity contribution is 5.92. The van der Waals surface area contributed by atoms with Gasteiger partial charge in [0, 0.05) is 12.1 Å². The summed E-state index contributed by atoms with van der Waals surface area (Å²) in [6.45, 7) is 1.04. The Hall–Kier alpha value is -1.59.